The Morgan fingerprint density at radius 1 is 1.36 bits per heavy atom. The van der Waals surface area contributed by atoms with Crippen LogP contribution in [0.15, 0.2) is 12.4 Å². The van der Waals surface area contributed by atoms with E-state index in [4.69, 9.17) is 0 Å². The predicted octanol–water partition coefficient (Wildman–Crippen LogP) is 0.336. The number of piperidine rings is 1. The number of likely N-dealkylation sites (tertiary alicyclic amines) is 2. The van der Waals surface area contributed by atoms with Crippen molar-refractivity contribution in [1.82, 2.24) is 19.6 Å². The number of halogens is 2. The normalized spacial score (nSPS) is 29.0. The highest BCUT2D eigenvalue weighted by Crippen LogP contribution is 2.30. The fourth-order valence-corrected chi connectivity index (χ4v) is 3.19. The van der Waals surface area contributed by atoms with Crippen molar-refractivity contribution in [1.29, 1.82) is 0 Å². The number of rotatable bonds is 2. The minimum absolute atomic E-state index is 0.183. The van der Waals surface area contributed by atoms with Crippen molar-refractivity contribution in [2.24, 2.45) is 7.05 Å². The van der Waals surface area contributed by atoms with E-state index < -0.39 is 12.0 Å². The molecule has 6 nitrogen and oxygen atoms in total. The van der Waals surface area contributed by atoms with Crippen molar-refractivity contribution in [2.75, 3.05) is 26.2 Å². The van der Waals surface area contributed by atoms with Crippen LogP contribution in [-0.2, 0) is 7.05 Å². The van der Waals surface area contributed by atoms with Gasteiger partial charge in [-0.05, 0) is 0 Å². The summed E-state index contributed by atoms with van der Waals surface area (Å²) in [6.45, 7) is 1.10. The van der Waals surface area contributed by atoms with E-state index in [2.05, 4.69) is 5.10 Å². The van der Waals surface area contributed by atoms with E-state index in [1.807, 2.05) is 4.90 Å². The van der Waals surface area contributed by atoms with Crippen LogP contribution in [0.3, 0.4) is 0 Å². The molecule has 1 aromatic heterocycles. The number of aryl methyl sites for hydroxylation is 1. The Hall–Kier alpha value is -1.54. The molecular formula is C14H20F2N4O2. The van der Waals surface area contributed by atoms with Crippen LogP contribution in [0.2, 0.25) is 0 Å². The average Bonchev–Trinajstić information content (AvgIpc) is 3.05. The summed E-state index contributed by atoms with van der Waals surface area (Å²) in [4.78, 5) is 15.8. The Labute approximate surface area is 127 Å². The number of hydrogen-bond donors (Lipinski definition) is 1. The first-order valence-electron chi connectivity index (χ1n) is 7.43. The smallest absolute Gasteiger partial charge is 0.257 e. The number of β-amino-alcohol motifs (C(OH)–C–C–N with tert-alkyl or cyclic N) is 1. The molecule has 2 fully saturated rings. The van der Waals surface area contributed by atoms with Crippen LogP contribution >= 0.6 is 0 Å². The Morgan fingerprint density at radius 3 is 2.64 bits per heavy atom. The number of nitrogens with zero attached hydrogens (tertiary/aromatic N) is 4. The summed E-state index contributed by atoms with van der Waals surface area (Å²) in [5, 5.41) is 14.2. The number of aromatic nitrogens is 2. The van der Waals surface area contributed by atoms with Gasteiger partial charge < -0.3 is 10.0 Å². The summed E-state index contributed by atoms with van der Waals surface area (Å²) >= 11 is 0. The molecule has 22 heavy (non-hydrogen) atoms. The fourth-order valence-electron chi connectivity index (χ4n) is 3.19. The van der Waals surface area contributed by atoms with Gasteiger partial charge in [0, 0.05) is 52.3 Å². The standard InChI is InChI=1S/C14H20F2N4O2/c1-18-7-10(6-17-18)13(22)20-8-11(12(21)9-20)19-4-2-14(15,16)3-5-19/h6-7,11-12,21H,2-5,8-9H2,1H3/t11-,12-/m1/s1. The lowest BCUT2D eigenvalue weighted by atomic mass is 10.0. The van der Waals surface area contributed by atoms with Gasteiger partial charge in [-0.25, -0.2) is 8.78 Å². The molecule has 3 heterocycles. The Kier molecular flexibility index (Phi) is 3.90. The van der Waals surface area contributed by atoms with Crippen molar-refractivity contribution in [3.63, 3.8) is 0 Å². The second-order valence-corrected chi connectivity index (χ2v) is 6.14. The van der Waals surface area contributed by atoms with E-state index >= 15 is 0 Å². The van der Waals surface area contributed by atoms with Gasteiger partial charge in [-0.2, -0.15) is 5.10 Å². The van der Waals surface area contributed by atoms with Gasteiger partial charge in [0.2, 0.25) is 0 Å². The molecule has 2 atom stereocenters. The molecular weight excluding hydrogens is 294 g/mol. The molecule has 3 rings (SSSR count). The van der Waals surface area contributed by atoms with Crippen LogP contribution in [0.4, 0.5) is 8.78 Å². The quantitative estimate of drug-likeness (QED) is 0.855. The summed E-state index contributed by atoms with van der Waals surface area (Å²) in [5.41, 5.74) is 0.473. The van der Waals surface area contributed by atoms with Gasteiger partial charge in [0.15, 0.2) is 0 Å². The number of aliphatic hydroxyl groups excluding tert-OH is 1. The fraction of sp³-hybridized carbons (Fsp3) is 0.714. The van der Waals surface area contributed by atoms with Crippen molar-refractivity contribution < 1.29 is 18.7 Å². The topological polar surface area (TPSA) is 61.6 Å². The van der Waals surface area contributed by atoms with Gasteiger partial charge in [0.25, 0.3) is 11.8 Å². The predicted molar refractivity (Wildman–Crippen MR) is 74.7 cm³/mol. The van der Waals surface area contributed by atoms with Crippen LogP contribution in [-0.4, -0.2) is 74.8 Å². The molecule has 8 heteroatoms. The van der Waals surface area contributed by atoms with E-state index in [1.165, 1.54) is 6.20 Å². The number of carbonyl (C=O) groups excluding carboxylic acids is 1. The van der Waals surface area contributed by atoms with E-state index in [1.54, 1.807) is 22.8 Å². The van der Waals surface area contributed by atoms with E-state index in [9.17, 15) is 18.7 Å². The zero-order chi connectivity index (χ0) is 15.9. The van der Waals surface area contributed by atoms with E-state index in [-0.39, 0.29) is 44.4 Å². The second-order valence-electron chi connectivity index (χ2n) is 6.14. The third-order valence-electron chi connectivity index (χ3n) is 4.50. The lowest BCUT2D eigenvalue weighted by molar-refractivity contribution is -0.0697. The molecule has 0 saturated carbocycles. The Bertz CT molecular complexity index is 553. The molecule has 1 amide bonds. The molecule has 0 radical (unpaired) electrons. The maximum atomic E-state index is 13.2. The van der Waals surface area contributed by atoms with Gasteiger partial charge in [-0.15, -0.1) is 0 Å². The van der Waals surface area contributed by atoms with Gasteiger partial charge in [-0.1, -0.05) is 0 Å². The molecule has 122 valence electrons. The van der Waals surface area contributed by atoms with Crippen LogP contribution in [0.25, 0.3) is 0 Å². The van der Waals surface area contributed by atoms with Crippen molar-refractivity contribution in [2.45, 2.75) is 30.9 Å². The number of aliphatic hydroxyl groups is 1. The van der Waals surface area contributed by atoms with Gasteiger partial charge in [0.1, 0.15) is 0 Å². The average molecular weight is 314 g/mol. The van der Waals surface area contributed by atoms with E-state index in [0.717, 1.165) is 0 Å². The summed E-state index contributed by atoms with van der Waals surface area (Å²) in [6, 6.07) is -0.267. The minimum atomic E-state index is -2.61. The monoisotopic (exact) mass is 314 g/mol. The molecule has 0 unspecified atom stereocenters. The second kappa shape index (κ2) is 5.58. The van der Waals surface area contributed by atoms with E-state index in [0.29, 0.717) is 12.1 Å². The van der Waals surface area contributed by atoms with Gasteiger partial charge in [-0.3, -0.25) is 14.4 Å². The molecule has 1 aromatic rings. The number of alkyl halides is 2. The van der Waals surface area contributed by atoms with Crippen LogP contribution in [0, 0.1) is 0 Å². The summed E-state index contributed by atoms with van der Waals surface area (Å²) in [5.74, 6) is -2.79. The van der Waals surface area contributed by atoms with Gasteiger partial charge in [0.05, 0.1) is 23.9 Å². The first-order valence-corrected chi connectivity index (χ1v) is 7.43. The van der Waals surface area contributed by atoms with Crippen molar-refractivity contribution in [3.05, 3.63) is 18.0 Å². The Morgan fingerprint density at radius 2 is 2.05 bits per heavy atom. The lowest BCUT2D eigenvalue weighted by Gasteiger charge is -2.36. The number of hydrogen-bond acceptors (Lipinski definition) is 4. The molecule has 0 aliphatic carbocycles. The molecule has 2 saturated heterocycles. The zero-order valence-corrected chi connectivity index (χ0v) is 12.5. The maximum absolute atomic E-state index is 13.2. The largest absolute Gasteiger partial charge is 0.390 e. The molecule has 2 aliphatic heterocycles. The molecule has 1 N–H and O–H groups in total. The first-order chi connectivity index (χ1) is 10.4. The minimum Gasteiger partial charge on any atom is -0.390 e. The summed E-state index contributed by atoms with van der Waals surface area (Å²) in [7, 11) is 1.73. The highest BCUT2D eigenvalue weighted by atomic mass is 19.3. The number of amides is 1. The van der Waals surface area contributed by atoms with Crippen LogP contribution in [0.1, 0.15) is 23.2 Å². The Balaban J connectivity index is 1.63. The number of carbonyl (C=O) groups is 1. The summed E-state index contributed by atoms with van der Waals surface area (Å²) < 4.78 is 28.0. The van der Waals surface area contributed by atoms with Crippen molar-refractivity contribution >= 4 is 5.91 Å². The highest BCUT2D eigenvalue weighted by Gasteiger charge is 2.42. The molecule has 2 aliphatic rings. The maximum Gasteiger partial charge on any atom is 0.257 e. The molecule has 0 bridgehead atoms. The third kappa shape index (κ3) is 2.98. The van der Waals surface area contributed by atoms with Crippen LogP contribution < -0.4 is 0 Å². The molecule has 0 spiro atoms. The lowest BCUT2D eigenvalue weighted by Crippen LogP contribution is -2.49. The van der Waals surface area contributed by atoms with Gasteiger partial charge >= 0.3 is 0 Å². The zero-order valence-electron chi connectivity index (χ0n) is 12.5. The third-order valence-corrected chi connectivity index (χ3v) is 4.50. The highest BCUT2D eigenvalue weighted by molar-refractivity contribution is 5.94. The van der Waals surface area contributed by atoms with Crippen LogP contribution in [0.5, 0.6) is 0 Å². The SMILES string of the molecule is Cn1cc(C(=O)N2C[C@@H](O)[C@H](N3CCC(F)(F)CC3)C2)cn1. The first kappa shape index (κ1) is 15.4. The van der Waals surface area contributed by atoms with Crippen molar-refractivity contribution in [3.8, 4) is 0 Å². The molecule has 0 aromatic carbocycles. The summed E-state index contributed by atoms with van der Waals surface area (Å²) in [6.07, 6.45) is 2.04.